The first-order valence-electron chi connectivity index (χ1n) is 21.1. The quantitative estimate of drug-likeness (QED) is 0.157. The van der Waals surface area contributed by atoms with Gasteiger partial charge >= 0.3 is 0 Å². The Bertz CT molecular complexity index is 3560. The summed E-state index contributed by atoms with van der Waals surface area (Å²) in [6.07, 6.45) is 0. The molecule has 4 nitrogen and oxygen atoms in total. The van der Waals surface area contributed by atoms with Crippen LogP contribution < -0.4 is 19.3 Å². The molecule has 0 fully saturated rings. The summed E-state index contributed by atoms with van der Waals surface area (Å²) in [5, 5.41) is 9.33. The molecule has 2 aliphatic heterocycles. The van der Waals surface area contributed by atoms with Crippen molar-refractivity contribution in [1.82, 2.24) is 0 Å². The molecule has 0 radical (unpaired) electrons. The van der Waals surface area contributed by atoms with Crippen LogP contribution in [0.5, 0.6) is 23.0 Å². The number of nitrogens with zero attached hydrogens (tertiary/aromatic N) is 2. The van der Waals surface area contributed by atoms with Crippen LogP contribution in [0.25, 0.3) is 65.3 Å². The van der Waals surface area contributed by atoms with Crippen LogP contribution in [0.3, 0.4) is 0 Å². The van der Waals surface area contributed by atoms with Gasteiger partial charge in [-0.15, -0.1) is 0 Å². The van der Waals surface area contributed by atoms with Gasteiger partial charge in [0.1, 0.15) is 23.0 Å². The maximum absolute atomic E-state index is 6.98. The molecule has 0 bridgehead atoms. The minimum absolute atomic E-state index is 0.817. The number of hydrogen-bond donors (Lipinski definition) is 0. The van der Waals surface area contributed by atoms with Crippen molar-refractivity contribution in [3.63, 3.8) is 0 Å². The number of hydrogen-bond acceptors (Lipinski definition) is 4. The second kappa shape index (κ2) is 13.6. The number of anilines is 6. The van der Waals surface area contributed by atoms with Crippen molar-refractivity contribution in [2.75, 3.05) is 9.80 Å². The topological polar surface area (TPSA) is 24.9 Å². The highest BCUT2D eigenvalue weighted by Gasteiger charge is 2.30. The molecule has 290 valence electrons. The number of fused-ring (bicyclic) bond motifs is 8. The summed E-state index contributed by atoms with van der Waals surface area (Å²) < 4.78 is 13.8. The zero-order chi connectivity index (χ0) is 40.7. The van der Waals surface area contributed by atoms with E-state index in [1.54, 1.807) is 0 Å². The number of para-hydroxylation sites is 2. The van der Waals surface area contributed by atoms with Gasteiger partial charge in [-0.25, -0.2) is 0 Å². The molecule has 0 amide bonds. The lowest BCUT2D eigenvalue weighted by atomic mass is 9.88. The summed E-state index contributed by atoms with van der Waals surface area (Å²) in [5.41, 5.74) is 10.8. The zero-order valence-corrected chi connectivity index (χ0v) is 33.5. The summed E-state index contributed by atoms with van der Waals surface area (Å²) >= 11 is 0. The third-order valence-corrected chi connectivity index (χ3v) is 12.6. The Morgan fingerprint density at radius 1 is 0.258 bits per heavy atom. The molecule has 2 aliphatic rings. The Morgan fingerprint density at radius 2 is 0.742 bits per heavy atom. The Balaban J connectivity index is 0.953. The average molecular weight is 793 g/mol. The molecule has 0 atom stereocenters. The summed E-state index contributed by atoms with van der Waals surface area (Å²) in [5.74, 6) is 3.29. The van der Waals surface area contributed by atoms with E-state index >= 15 is 0 Å². The van der Waals surface area contributed by atoms with Crippen LogP contribution in [0, 0.1) is 0 Å². The highest BCUT2D eigenvalue weighted by atomic mass is 16.5. The standard InChI is InChI=1S/C58H36N2O2/c1-3-17-39(18-4-1)59(40-19-5-2-6-20-40)41-26-28-47-49-30-33-54-58-50(31-32-53(57(49)58)61-55(47)35-41)48-29-27-42(36-56(48)62-54)60(51-25-13-16-37-14-7-10-22-44(37)51)52-34-38-15-8-9-21-43(38)45-23-11-12-24-46(45)52/h1-36H. The van der Waals surface area contributed by atoms with Crippen LogP contribution in [0.2, 0.25) is 0 Å². The van der Waals surface area contributed by atoms with Gasteiger partial charge in [-0.3, -0.25) is 0 Å². The smallest absolute Gasteiger partial charge is 0.137 e. The summed E-state index contributed by atoms with van der Waals surface area (Å²) in [6, 6.07) is 77.8. The van der Waals surface area contributed by atoms with Crippen molar-refractivity contribution in [2.45, 2.75) is 0 Å². The molecular weight excluding hydrogens is 757 g/mol. The van der Waals surface area contributed by atoms with E-state index in [0.29, 0.717) is 0 Å². The average Bonchev–Trinajstić information content (AvgIpc) is 3.33. The van der Waals surface area contributed by atoms with Gasteiger partial charge in [0, 0.05) is 67.6 Å². The predicted molar refractivity (Wildman–Crippen MR) is 257 cm³/mol. The Morgan fingerprint density at radius 3 is 1.37 bits per heavy atom. The van der Waals surface area contributed by atoms with Crippen molar-refractivity contribution in [3.05, 3.63) is 218 Å². The zero-order valence-electron chi connectivity index (χ0n) is 33.5. The van der Waals surface area contributed by atoms with E-state index in [1.807, 2.05) is 12.1 Å². The van der Waals surface area contributed by atoms with E-state index in [0.717, 1.165) is 90.1 Å². The normalized spacial score (nSPS) is 12.1. The summed E-state index contributed by atoms with van der Waals surface area (Å²) in [7, 11) is 0. The first-order chi connectivity index (χ1) is 30.7. The van der Waals surface area contributed by atoms with Crippen LogP contribution in [0.15, 0.2) is 218 Å². The van der Waals surface area contributed by atoms with Gasteiger partial charge < -0.3 is 19.3 Å². The first-order valence-corrected chi connectivity index (χ1v) is 21.1. The molecule has 0 aliphatic carbocycles. The molecule has 4 heteroatoms. The fourth-order valence-corrected chi connectivity index (χ4v) is 9.83. The fourth-order valence-electron chi connectivity index (χ4n) is 9.83. The van der Waals surface area contributed by atoms with Crippen molar-refractivity contribution < 1.29 is 9.47 Å². The van der Waals surface area contributed by atoms with Gasteiger partial charge in [0.25, 0.3) is 0 Å². The molecule has 0 aromatic heterocycles. The lowest BCUT2D eigenvalue weighted by molar-refractivity contribution is 0.480. The van der Waals surface area contributed by atoms with E-state index in [4.69, 9.17) is 9.47 Å². The number of rotatable bonds is 6. The van der Waals surface area contributed by atoms with Gasteiger partial charge in [-0.1, -0.05) is 121 Å². The first kappa shape index (κ1) is 34.5. The molecule has 13 rings (SSSR count). The van der Waals surface area contributed by atoms with Gasteiger partial charge in [-0.05, 0) is 118 Å². The second-order valence-electron chi connectivity index (χ2n) is 16.0. The Hall–Kier alpha value is -8.34. The van der Waals surface area contributed by atoms with E-state index < -0.39 is 0 Å². The second-order valence-corrected chi connectivity index (χ2v) is 16.0. The Kier molecular flexibility index (Phi) is 7.57. The van der Waals surface area contributed by atoms with Crippen LogP contribution >= 0.6 is 0 Å². The maximum atomic E-state index is 6.98. The van der Waals surface area contributed by atoms with Crippen molar-refractivity contribution >= 4 is 77.2 Å². The van der Waals surface area contributed by atoms with Crippen molar-refractivity contribution in [3.8, 4) is 45.3 Å². The van der Waals surface area contributed by atoms with E-state index in [1.165, 1.54) is 32.3 Å². The minimum Gasteiger partial charge on any atom is -0.456 e. The highest BCUT2D eigenvalue weighted by Crippen LogP contribution is 2.57. The molecule has 11 aromatic rings. The largest absolute Gasteiger partial charge is 0.456 e. The highest BCUT2D eigenvalue weighted by molar-refractivity contribution is 6.17. The van der Waals surface area contributed by atoms with Crippen LogP contribution in [0.4, 0.5) is 34.1 Å². The summed E-state index contributed by atoms with van der Waals surface area (Å²) in [4.78, 5) is 4.67. The van der Waals surface area contributed by atoms with E-state index in [9.17, 15) is 0 Å². The van der Waals surface area contributed by atoms with E-state index in [2.05, 4.69) is 216 Å². The monoisotopic (exact) mass is 792 g/mol. The van der Waals surface area contributed by atoms with Crippen LogP contribution in [-0.4, -0.2) is 0 Å². The fraction of sp³-hybridized carbons (Fsp3) is 0. The van der Waals surface area contributed by atoms with Crippen LogP contribution in [-0.2, 0) is 0 Å². The van der Waals surface area contributed by atoms with Gasteiger partial charge in [0.2, 0.25) is 0 Å². The molecule has 0 spiro atoms. The molecule has 62 heavy (non-hydrogen) atoms. The van der Waals surface area contributed by atoms with Crippen molar-refractivity contribution in [2.24, 2.45) is 0 Å². The lowest BCUT2D eigenvalue weighted by Gasteiger charge is -2.31. The molecule has 0 saturated heterocycles. The molecule has 11 aromatic carbocycles. The van der Waals surface area contributed by atoms with Crippen molar-refractivity contribution in [1.29, 1.82) is 0 Å². The molecule has 0 saturated carbocycles. The van der Waals surface area contributed by atoms with Crippen LogP contribution in [0.1, 0.15) is 0 Å². The molecular formula is C58H36N2O2. The third-order valence-electron chi connectivity index (χ3n) is 12.6. The summed E-state index contributed by atoms with van der Waals surface area (Å²) in [6.45, 7) is 0. The molecule has 0 unspecified atom stereocenters. The molecule has 0 N–H and O–H groups in total. The van der Waals surface area contributed by atoms with Gasteiger partial charge in [0.15, 0.2) is 0 Å². The van der Waals surface area contributed by atoms with Gasteiger partial charge in [0.05, 0.1) is 11.4 Å². The Labute approximate surface area is 358 Å². The predicted octanol–water partition coefficient (Wildman–Crippen LogP) is 16.8. The lowest BCUT2D eigenvalue weighted by Crippen LogP contribution is -2.12. The molecule has 2 heterocycles. The van der Waals surface area contributed by atoms with Gasteiger partial charge in [-0.2, -0.15) is 0 Å². The van der Waals surface area contributed by atoms with E-state index in [-0.39, 0.29) is 0 Å². The maximum Gasteiger partial charge on any atom is 0.137 e. The third kappa shape index (κ3) is 5.27. The number of ether oxygens (including phenoxy) is 2. The number of benzene rings is 11. The SMILES string of the molecule is c1ccc(N(c2ccccc2)c2ccc3c(c2)Oc2ccc4c5c(ccc-3c25)Oc2cc(N(c3cccc5ccccc35)c3cc5ccccc5c5ccccc35)ccc2-4)cc1. The minimum atomic E-state index is 0.817.